The maximum absolute atomic E-state index is 12.7. The van der Waals surface area contributed by atoms with Crippen LogP contribution in [-0.4, -0.2) is 25.2 Å². The molecule has 1 N–H and O–H groups in total. The number of ether oxygens (including phenoxy) is 2. The van der Waals surface area contributed by atoms with Crippen LogP contribution >= 0.6 is 0 Å². The van der Waals surface area contributed by atoms with Crippen LogP contribution in [0, 0.1) is 13.8 Å². The first-order valence-electron chi connectivity index (χ1n) is 8.44. The molecule has 2 aromatic carbocycles. The number of halogens is 3. The smallest absolute Gasteiger partial charge is 0.416 e. The average Bonchev–Trinajstić information content (AvgIpc) is 2.60. The van der Waals surface area contributed by atoms with E-state index in [9.17, 15) is 18.0 Å². The summed E-state index contributed by atoms with van der Waals surface area (Å²) in [4.78, 5) is 11.9. The highest BCUT2D eigenvalue weighted by atomic mass is 19.4. The summed E-state index contributed by atoms with van der Waals surface area (Å²) < 4.78 is 48.8. The van der Waals surface area contributed by atoms with Crippen LogP contribution in [-0.2, 0) is 11.0 Å². The summed E-state index contributed by atoms with van der Waals surface area (Å²) in [5, 5.41) is 2.68. The van der Waals surface area contributed by atoms with Crippen molar-refractivity contribution in [2.75, 3.05) is 13.2 Å². The number of rotatable bonds is 7. The van der Waals surface area contributed by atoms with E-state index in [0.717, 1.165) is 23.3 Å². The van der Waals surface area contributed by atoms with Crippen LogP contribution in [0.4, 0.5) is 13.2 Å². The third-order valence-corrected chi connectivity index (χ3v) is 3.92. The molecule has 0 saturated carbocycles. The summed E-state index contributed by atoms with van der Waals surface area (Å²) in [6, 6.07) is 9.85. The Bertz CT molecular complexity index is 790. The summed E-state index contributed by atoms with van der Waals surface area (Å²) in [5.74, 6) is 0.252. The number of aryl methyl sites for hydroxylation is 2. The van der Waals surface area contributed by atoms with Gasteiger partial charge in [-0.05, 0) is 62.2 Å². The summed E-state index contributed by atoms with van der Waals surface area (Å²) in [7, 11) is 0. The molecule has 1 atom stereocenters. The van der Waals surface area contributed by atoms with E-state index in [-0.39, 0.29) is 25.0 Å². The van der Waals surface area contributed by atoms with E-state index in [2.05, 4.69) is 5.32 Å². The van der Waals surface area contributed by atoms with Crippen LogP contribution in [0.2, 0.25) is 0 Å². The minimum absolute atomic E-state index is 0.0148. The second kappa shape index (κ2) is 8.79. The Balaban J connectivity index is 1.79. The fourth-order valence-corrected chi connectivity index (χ4v) is 2.29. The van der Waals surface area contributed by atoms with Gasteiger partial charge in [0.15, 0.2) is 6.61 Å². The van der Waals surface area contributed by atoms with Gasteiger partial charge in [-0.3, -0.25) is 4.79 Å². The molecule has 0 fully saturated rings. The summed E-state index contributed by atoms with van der Waals surface area (Å²) in [6.45, 7) is 5.64. The van der Waals surface area contributed by atoms with Gasteiger partial charge >= 0.3 is 6.18 Å². The first-order valence-corrected chi connectivity index (χ1v) is 8.44. The van der Waals surface area contributed by atoms with Crippen molar-refractivity contribution in [1.29, 1.82) is 0 Å². The molecule has 0 radical (unpaired) electrons. The molecule has 0 aliphatic heterocycles. The first-order chi connectivity index (χ1) is 12.6. The Labute approximate surface area is 156 Å². The number of carbonyl (C=O) groups excluding carboxylic acids is 1. The molecule has 0 saturated heterocycles. The van der Waals surface area contributed by atoms with Gasteiger partial charge in [-0.1, -0.05) is 12.1 Å². The van der Waals surface area contributed by atoms with Gasteiger partial charge in [0, 0.05) is 0 Å². The van der Waals surface area contributed by atoms with Gasteiger partial charge in [-0.15, -0.1) is 0 Å². The molecule has 146 valence electrons. The standard InChI is InChI=1S/C20H22F3NO3/c1-13-7-8-18(9-14(13)2)26-11-15(3)24-19(25)12-27-17-6-4-5-16(10-17)20(21,22)23/h4-10,15H,11-12H2,1-3H3,(H,24,25). The van der Waals surface area contributed by atoms with Crippen molar-refractivity contribution in [3.8, 4) is 11.5 Å². The summed E-state index contributed by atoms with van der Waals surface area (Å²) in [6.07, 6.45) is -4.46. The number of benzene rings is 2. The number of carbonyl (C=O) groups is 1. The fraction of sp³-hybridized carbons (Fsp3) is 0.350. The molecule has 4 nitrogen and oxygen atoms in total. The highest BCUT2D eigenvalue weighted by Gasteiger charge is 2.30. The van der Waals surface area contributed by atoms with E-state index in [1.165, 1.54) is 12.1 Å². The van der Waals surface area contributed by atoms with Crippen LogP contribution in [0.1, 0.15) is 23.6 Å². The van der Waals surface area contributed by atoms with E-state index >= 15 is 0 Å². The van der Waals surface area contributed by atoms with Crippen molar-refractivity contribution in [1.82, 2.24) is 5.32 Å². The van der Waals surface area contributed by atoms with Crippen LogP contribution in [0.15, 0.2) is 42.5 Å². The Morgan fingerprint density at radius 1 is 1.04 bits per heavy atom. The van der Waals surface area contributed by atoms with Crippen LogP contribution in [0.5, 0.6) is 11.5 Å². The molecule has 2 aromatic rings. The minimum Gasteiger partial charge on any atom is -0.491 e. The van der Waals surface area contributed by atoms with E-state index in [1.54, 1.807) is 6.92 Å². The van der Waals surface area contributed by atoms with Gasteiger partial charge in [0.25, 0.3) is 5.91 Å². The highest BCUT2D eigenvalue weighted by molar-refractivity contribution is 5.77. The Kier molecular flexibility index (Phi) is 6.71. The van der Waals surface area contributed by atoms with Crippen molar-refractivity contribution in [3.05, 3.63) is 59.2 Å². The lowest BCUT2D eigenvalue weighted by molar-refractivity contribution is -0.137. The SMILES string of the molecule is Cc1ccc(OCC(C)NC(=O)COc2cccc(C(F)(F)F)c2)cc1C. The lowest BCUT2D eigenvalue weighted by Gasteiger charge is -2.16. The minimum atomic E-state index is -4.46. The van der Waals surface area contributed by atoms with Crippen LogP contribution in [0.25, 0.3) is 0 Å². The first kappa shape index (κ1) is 20.6. The normalized spacial score (nSPS) is 12.4. The van der Waals surface area contributed by atoms with E-state index in [1.807, 2.05) is 32.0 Å². The fourth-order valence-electron chi connectivity index (χ4n) is 2.29. The molecule has 1 amide bonds. The maximum Gasteiger partial charge on any atom is 0.416 e. The monoisotopic (exact) mass is 381 g/mol. The Morgan fingerprint density at radius 2 is 1.74 bits per heavy atom. The van der Waals surface area contributed by atoms with Crippen LogP contribution in [0.3, 0.4) is 0 Å². The number of alkyl halides is 3. The molecule has 27 heavy (non-hydrogen) atoms. The second-order valence-electron chi connectivity index (χ2n) is 6.34. The molecule has 0 aromatic heterocycles. The van der Waals surface area contributed by atoms with E-state index in [0.29, 0.717) is 5.75 Å². The van der Waals surface area contributed by atoms with Gasteiger partial charge in [0.1, 0.15) is 18.1 Å². The number of hydrogen-bond acceptors (Lipinski definition) is 3. The summed E-state index contributed by atoms with van der Waals surface area (Å²) in [5.41, 5.74) is 1.45. The lowest BCUT2D eigenvalue weighted by atomic mass is 10.1. The molecular formula is C20H22F3NO3. The molecule has 0 aliphatic rings. The van der Waals surface area contributed by atoms with Crippen molar-refractivity contribution in [2.24, 2.45) is 0 Å². The van der Waals surface area contributed by atoms with Crippen LogP contribution < -0.4 is 14.8 Å². The van der Waals surface area contributed by atoms with Gasteiger partial charge in [-0.2, -0.15) is 13.2 Å². The molecule has 7 heteroatoms. The van der Waals surface area contributed by atoms with E-state index < -0.39 is 17.6 Å². The molecule has 0 spiro atoms. The molecule has 1 unspecified atom stereocenters. The summed E-state index contributed by atoms with van der Waals surface area (Å²) >= 11 is 0. The molecule has 0 aliphatic carbocycles. The van der Waals surface area contributed by atoms with Gasteiger partial charge in [0.05, 0.1) is 11.6 Å². The number of hydrogen-bond donors (Lipinski definition) is 1. The molecular weight excluding hydrogens is 359 g/mol. The zero-order valence-corrected chi connectivity index (χ0v) is 15.4. The topological polar surface area (TPSA) is 47.6 Å². The quantitative estimate of drug-likeness (QED) is 0.779. The van der Waals surface area contributed by atoms with E-state index in [4.69, 9.17) is 9.47 Å². The average molecular weight is 381 g/mol. The van der Waals surface area contributed by atoms with Crippen molar-refractivity contribution in [2.45, 2.75) is 33.0 Å². The largest absolute Gasteiger partial charge is 0.491 e. The predicted molar refractivity (Wildman–Crippen MR) is 96.0 cm³/mol. The molecule has 0 bridgehead atoms. The van der Waals surface area contributed by atoms with Gasteiger partial charge in [0.2, 0.25) is 0 Å². The zero-order chi connectivity index (χ0) is 20.0. The third-order valence-electron chi connectivity index (χ3n) is 3.92. The molecule has 0 heterocycles. The second-order valence-corrected chi connectivity index (χ2v) is 6.34. The molecule has 2 rings (SSSR count). The third kappa shape index (κ3) is 6.51. The Morgan fingerprint density at radius 3 is 2.41 bits per heavy atom. The number of nitrogens with one attached hydrogen (secondary N) is 1. The van der Waals surface area contributed by atoms with Crippen molar-refractivity contribution < 1.29 is 27.4 Å². The highest BCUT2D eigenvalue weighted by Crippen LogP contribution is 2.31. The zero-order valence-electron chi connectivity index (χ0n) is 15.4. The number of amides is 1. The maximum atomic E-state index is 12.7. The lowest BCUT2D eigenvalue weighted by Crippen LogP contribution is -2.39. The van der Waals surface area contributed by atoms with Crippen molar-refractivity contribution in [3.63, 3.8) is 0 Å². The predicted octanol–water partition coefficient (Wildman–Crippen LogP) is 4.28. The van der Waals surface area contributed by atoms with Gasteiger partial charge < -0.3 is 14.8 Å². The Hall–Kier alpha value is -2.70. The van der Waals surface area contributed by atoms with Gasteiger partial charge in [-0.25, -0.2) is 0 Å². The van der Waals surface area contributed by atoms with Crippen molar-refractivity contribution >= 4 is 5.91 Å².